The maximum Gasteiger partial charge on any atom is 0.194 e. The van der Waals surface area contributed by atoms with Crippen molar-refractivity contribution in [1.82, 2.24) is 0 Å². The minimum Gasteiger partial charge on any atom is -0.494 e. The van der Waals surface area contributed by atoms with Gasteiger partial charge in [-0.25, -0.2) is 0 Å². The first-order valence-corrected chi connectivity index (χ1v) is 6.02. The van der Waals surface area contributed by atoms with Crippen LogP contribution in [-0.2, 0) is 0 Å². The highest BCUT2D eigenvalue weighted by Crippen LogP contribution is 2.36. The van der Waals surface area contributed by atoms with Gasteiger partial charge in [0, 0.05) is 11.1 Å². The van der Waals surface area contributed by atoms with E-state index in [0.717, 1.165) is 0 Å². The van der Waals surface area contributed by atoms with Crippen LogP contribution in [0.2, 0.25) is 10.0 Å². The largest absolute Gasteiger partial charge is 0.494 e. The number of ketones is 1. The van der Waals surface area contributed by atoms with E-state index in [-0.39, 0.29) is 10.8 Å². The molecule has 0 spiro atoms. The van der Waals surface area contributed by atoms with Crippen molar-refractivity contribution in [1.29, 1.82) is 0 Å². The summed E-state index contributed by atoms with van der Waals surface area (Å²) in [6.45, 7) is 0. The fourth-order valence-corrected chi connectivity index (χ4v) is 2.25. The molecule has 0 aromatic heterocycles. The first-order chi connectivity index (χ1) is 8.65. The number of benzene rings is 2. The number of halogens is 2. The van der Waals surface area contributed by atoms with E-state index < -0.39 is 0 Å². The molecular weight excluding hydrogens is 271 g/mol. The van der Waals surface area contributed by atoms with Gasteiger partial charge < -0.3 is 4.74 Å². The van der Waals surface area contributed by atoms with Crippen molar-refractivity contribution in [3.8, 4) is 5.75 Å². The third kappa shape index (κ3) is 2.35. The lowest BCUT2D eigenvalue weighted by molar-refractivity contribution is 0.103. The monoisotopic (exact) mass is 280 g/mol. The fourth-order valence-electron chi connectivity index (χ4n) is 1.64. The van der Waals surface area contributed by atoms with Crippen molar-refractivity contribution in [2.24, 2.45) is 0 Å². The van der Waals surface area contributed by atoms with Gasteiger partial charge in [0.25, 0.3) is 0 Å². The molecule has 0 saturated heterocycles. The number of hydrogen-bond acceptors (Lipinski definition) is 2. The first kappa shape index (κ1) is 12.9. The quantitative estimate of drug-likeness (QED) is 0.787. The van der Waals surface area contributed by atoms with Crippen LogP contribution in [0.1, 0.15) is 15.9 Å². The number of carbonyl (C=O) groups is 1. The van der Waals surface area contributed by atoms with Crippen LogP contribution in [0.4, 0.5) is 0 Å². The van der Waals surface area contributed by atoms with Crippen molar-refractivity contribution < 1.29 is 9.53 Å². The molecule has 0 heterocycles. The SMILES string of the molecule is COc1c(Cl)ccc(C(=O)c2ccccc2)c1Cl. The van der Waals surface area contributed by atoms with E-state index in [0.29, 0.717) is 21.9 Å². The standard InChI is InChI=1S/C14H10Cl2O2/c1-18-14-11(15)8-7-10(12(14)16)13(17)9-5-3-2-4-6-9/h2-8H,1H3. The zero-order chi connectivity index (χ0) is 13.1. The molecule has 0 N–H and O–H groups in total. The predicted octanol–water partition coefficient (Wildman–Crippen LogP) is 4.23. The molecule has 0 aliphatic rings. The molecule has 0 aliphatic carbocycles. The number of hydrogen-bond donors (Lipinski definition) is 0. The Labute approximate surface area is 115 Å². The summed E-state index contributed by atoms with van der Waals surface area (Å²) in [7, 11) is 1.46. The van der Waals surface area contributed by atoms with E-state index in [9.17, 15) is 4.79 Å². The molecular formula is C14H10Cl2O2. The second-order valence-corrected chi connectivity index (χ2v) is 4.42. The Morgan fingerprint density at radius 3 is 2.33 bits per heavy atom. The number of ether oxygens (including phenoxy) is 1. The van der Waals surface area contributed by atoms with E-state index in [2.05, 4.69) is 0 Å². The third-order valence-corrected chi connectivity index (χ3v) is 3.21. The lowest BCUT2D eigenvalue weighted by atomic mass is 10.0. The molecule has 18 heavy (non-hydrogen) atoms. The molecule has 0 saturated carbocycles. The van der Waals surface area contributed by atoms with Crippen molar-refractivity contribution in [3.05, 3.63) is 63.6 Å². The molecule has 0 radical (unpaired) electrons. The van der Waals surface area contributed by atoms with Gasteiger partial charge in [-0.15, -0.1) is 0 Å². The highest BCUT2D eigenvalue weighted by atomic mass is 35.5. The van der Waals surface area contributed by atoms with Gasteiger partial charge >= 0.3 is 0 Å². The zero-order valence-corrected chi connectivity index (χ0v) is 11.1. The van der Waals surface area contributed by atoms with Gasteiger partial charge in [-0.05, 0) is 12.1 Å². The Balaban J connectivity index is 2.50. The molecule has 92 valence electrons. The van der Waals surface area contributed by atoms with Gasteiger partial charge in [-0.1, -0.05) is 53.5 Å². The molecule has 0 bridgehead atoms. The molecule has 2 nitrogen and oxygen atoms in total. The van der Waals surface area contributed by atoms with Crippen molar-refractivity contribution >= 4 is 29.0 Å². The lowest BCUT2D eigenvalue weighted by Gasteiger charge is -2.09. The number of methoxy groups -OCH3 is 1. The molecule has 0 atom stereocenters. The van der Waals surface area contributed by atoms with Crippen molar-refractivity contribution in [2.75, 3.05) is 7.11 Å². The van der Waals surface area contributed by atoms with Crippen LogP contribution in [0.5, 0.6) is 5.75 Å². The van der Waals surface area contributed by atoms with Gasteiger partial charge in [0.2, 0.25) is 0 Å². The number of carbonyl (C=O) groups excluding carboxylic acids is 1. The highest BCUT2D eigenvalue weighted by molar-refractivity contribution is 6.39. The summed E-state index contributed by atoms with van der Waals surface area (Å²) < 4.78 is 5.09. The summed E-state index contributed by atoms with van der Waals surface area (Å²) in [4.78, 5) is 12.3. The summed E-state index contributed by atoms with van der Waals surface area (Å²) in [5.41, 5.74) is 0.952. The topological polar surface area (TPSA) is 26.3 Å². The second-order valence-electron chi connectivity index (χ2n) is 3.64. The van der Waals surface area contributed by atoms with Crippen LogP contribution < -0.4 is 4.74 Å². The molecule has 2 aromatic carbocycles. The second kappa shape index (κ2) is 5.42. The average Bonchev–Trinajstić information content (AvgIpc) is 2.40. The van der Waals surface area contributed by atoms with Crippen molar-refractivity contribution in [2.45, 2.75) is 0 Å². The maximum atomic E-state index is 12.3. The normalized spacial score (nSPS) is 10.2. The first-order valence-electron chi connectivity index (χ1n) is 5.27. The third-order valence-electron chi connectivity index (χ3n) is 2.53. The minimum absolute atomic E-state index is 0.157. The molecule has 0 aliphatic heterocycles. The molecule has 0 unspecified atom stereocenters. The Morgan fingerprint density at radius 1 is 1.06 bits per heavy atom. The minimum atomic E-state index is -0.157. The summed E-state index contributed by atoms with van der Waals surface area (Å²) in [6.07, 6.45) is 0. The Bertz CT molecular complexity index is 580. The summed E-state index contributed by atoms with van der Waals surface area (Å²) >= 11 is 12.1. The molecule has 2 rings (SSSR count). The van der Waals surface area contributed by atoms with Crippen molar-refractivity contribution in [3.63, 3.8) is 0 Å². The van der Waals surface area contributed by atoms with E-state index in [1.165, 1.54) is 7.11 Å². The lowest BCUT2D eigenvalue weighted by Crippen LogP contribution is -2.03. The van der Waals surface area contributed by atoms with E-state index in [1.54, 1.807) is 36.4 Å². The van der Waals surface area contributed by atoms with E-state index >= 15 is 0 Å². The van der Waals surface area contributed by atoms with Crippen LogP contribution in [0, 0.1) is 0 Å². The highest BCUT2D eigenvalue weighted by Gasteiger charge is 2.17. The molecule has 2 aromatic rings. The van der Waals surface area contributed by atoms with Gasteiger partial charge in [0.05, 0.1) is 17.2 Å². The number of rotatable bonds is 3. The zero-order valence-electron chi connectivity index (χ0n) is 9.61. The predicted molar refractivity (Wildman–Crippen MR) is 72.9 cm³/mol. The van der Waals surface area contributed by atoms with Crippen LogP contribution in [0.3, 0.4) is 0 Å². The van der Waals surface area contributed by atoms with Gasteiger partial charge in [-0.2, -0.15) is 0 Å². The Hall–Kier alpha value is -1.51. The Morgan fingerprint density at radius 2 is 1.72 bits per heavy atom. The van der Waals surface area contributed by atoms with Crippen LogP contribution >= 0.6 is 23.2 Å². The van der Waals surface area contributed by atoms with Gasteiger partial charge in [-0.3, -0.25) is 4.79 Å². The van der Waals surface area contributed by atoms with Gasteiger partial charge in [0.15, 0.2) is 11.5 Å². The Kier molecular flexibility index (Phi) is 3.90. The maximum absolute atomic E-state index is 12.3. The average molecular weight is 281 g/mol. The van der Waals surface area contributed by atoms with E-state index in [4.69, 9.17) is 27.9 Å². The van der Waals surface area contributed by atoms with Crippen LogP contribution in [-0.4, -0.2) is 12.9 Å². The summed E-state index contributed by atoms with van der Waals surface area (Å²) in [5.74, 6) is 0.163. The summed E-state index contributed by atoms with van der Waals surface area (Å²) in [5, 5.41) is 0.617. The van der Waals surface area contributed by atoms with E-state index in [1.807, 2.05) is 6.07 Å². The van der Waals surface area contributed by atoms with Gasteiger partial charge in [0.1, 0.15) is 0 Å². The van der Waals surface area contributed by atoms with Crippen LogP contribution in [0.15, 0.2) is 42.5 Å². The molecule has 4 heteroatoms. The fraction of sp³-hybridized carbons (Fsp3) is 0.0714. The summed E-state index contributed by atoms with van der Waals surface area (Å²) in [6, 6.07) is 12.1. The molecule has 0 fully saturated rings. The molecule has 0 amide bonds. The smallest absolute Gasteiger partial charge is 0.194 e. The van der Waals surface area contributed by atoms with Crippen LogP contribution in [0.25, 0.3) is 0 Å².